The summed E-state index contributed by atoms with van der Waals surface area (Å²) in [6.45, 7) is 2.19. The van der Waals surface area contributed by atoms with Crippen molar-refractivity contribution in [3.63, 3.8) is 0 Å². The van der Waals surface area contributed by atoms with Crippen molar-refractivity contribution >= 4 is 22.4 Å². The van der Waals surface area contributed by atoms with Gasteiger partial charge in [-0.2, -0.15) is 0 Å². The summed E-state index contributed by atoms with van der Waals surface area (Å²) >= 11 is 0. The third kappa shape index (κ3) is 4.36. The predicted molar refractivity (Wildman–Crippen MR) is 113 cm³/mol. The smallest absolute Gasteiger partial charge is 0.239 e. The molecule has 3 aromatic carbocycles. The van der Waals surface area contributed by atoms with E-state index in [1.54, 1.807) is 14.2 Å². The average molecular weight is 378 g/mol. The number of ether oxygens (including phenoxy) is 2. The fourth-order valence-electron chi connectivity index (χ4n) is 3.26. The van der Waals surface area contributed by atoms with E-state index in [4.69, 9.17) is 9.47 Å². The van der Waals surface area contributed by atoms with Crippen LogP contribution in [-0.4, -0.2) is 33.7 Å². The molecule has 28 heavy (non-hydrogen) atoms. The van der Waals surface area contributed by atoms with E-state index in [-0.39, 0.29) is 18.5 Å². The van der Waals surface area contributed by atoms with Crippen LogP contribution in [-0.2, 0) is 4.79 Å². The third-order valence-corrected chi connectivity index (χ3v) is 4.84. The first-order valence-corrected chi connectivity index (χ1v) is 9.23. The normalized spacial score (nSPS) is 11.7. The van der Waals surface area contributed by atoms with Gasteiger partial charge in [0.1, 0.15) is 11.5 Å². The molecule has 0 fully saturated rings. The van der Waals surface area contributed by atoms with E-state index >= 15 is 0 Å². The number of hydrogen-bond acceptors (Lipinski definition) is 4. The fraction of sp³-hybridized carbons (Fsp3) is 0.261. The third-order valence-electron chi connectivity index (χ3n) is 4.84. The summed E-state index contributed by atoms with van der Waals surface area (Å²) in [5.74, 6) is 1.38. The summed E-state index contributed by atoms with van der Waals surface area (Å²) in [7, 11) is 5.15. The van der Waals surface area contributed by atoms with Crippen LogP contribution in [0, 0.1) is 0 Å². The van der Waals surface area contributed by atoms with Gasteiger partial charge >= 0.3 is 0 Å². The second-order valence-corrected chi connectivity index (χ2v) is 6.78. The topological polar surface area (TPSA) is 50.8 Å². The van der Waals surface area contributed by atoms with Crippen LogP contribution in [0.1, 0.15) is 18.5 Å². The molecule has 3 aromatic rings. The Morgan fingerprint density at radius 2 is 1.75 bits per heavy atom. The molecule has 0 saturated heterocycles. The van der Waals surface area contributed by atoms with Crippen molar-refractivity contribution in [3.8, 4) is 11.5 Å². The second-order valence-electron chi connectivity index (χ2n) is 6.78. The number of nitrogens with zero attached hydrogens (tertiary/aromatic N) is 1. The lowest BCUT2D eigenvalue weighted by Gasteiger charge is -2.22. The summed E-state index contributed by atoms with van der Waals surface area (Å²) in [6.07, 6.45) is 0. The maximum absolute atomic E-state index is 12.6. The molecule has 5 nitrogen and oxygen atoms in total. The van der Waals surface area contributed by atoms with Gasteiger partial charge in [-0.1, -0.05) is 30.3 Å². The van der Waals surface area contributed by atoms with E-state index in [9.17, 15) is 4.79 Å². The molecule has 0 saturated carbocycles. The monoisotopic (exact) mass is 378 g/mol. The number of carbonyl (C=O) groups excluding carboxylic acids is 1. The van der Waals surface area contributed by atoms with Crippen LogP contribution < -0.4 is 19.7 Å². The Morgan fingerprint density at radius 1 is 1.00 bits per heavy atom. The lowest BCUT2D eigenvalue weighted by Crippen LogP contribution is -2.36. The van der Waals surface area contributed by atoms with Crippen LogP contribution >= 0.6 is 0 Å². The zero-order chi connectivity index (χ0) is 20.1. The SMILES string of the molecule is COc1ccc(OC)c([C@@H](C)NC(=O)CN(C)c2ccc3ccccc3c2)c1. The minimum Gasteiger partial charge on any atom is -0.497 e. The second kappa shape index (κ2) is 8.65. The standard InChI is InChI=1S/C23H26N2O3/c1-16(21-14-20(27-3)11-12-22(21)28-4)24-23(26)15-25(2)19-10-9-17-7-5-6-8-18(17)13-19/h5-14,16H,15H2,1-4H3,(H,24,26)/t16-/m1/s1. The van der Waals surface area contributed by atoms with E-state index < -0.39 is 0 Å². The Labute approximate surface area is 165 Å². The van der Waals surface area contributed by atoms with E-state index in [2.05, 4.69) is 29.6 Å². The Morgan fingerprint density at radius 3 is 2.46 bits per heavy atom. The number of fused-ring (bicyclic) bond motifs is 1. The lowest BCUT2D eigenvalue weighted by molar-refractivity contribution is -0.120. The number of hydrogen-bond donors (Lipinski definition) is 1. The fourth-order valence-corrected chi connectivity index (χ4v) is 3.26. The van der Waals surface area contributed by atoms with Gasteiger partial charge in [0.2, 0.25) is 5.91 Å². The molecule has 1 N–H and O–H groups in total. The summed E-state index contributed by atoms with van der Waals surface area (Å²) in [4.78, 5) is 14.5. The van der Waals surface area contributed by atoms with Crippen LogP contribution in [0.4, 0.5) is 5.69 Å². The molecule has 1 amide bonds. The number of carbonyl (C=O) groups is 1. The van der Waals surface area contributed by atoms with Crippen LogP contribution in [0.25, 0.3) is 10.8 Å². The predicted octanol–water partition coefficient (Wildman–Crippen LogP) is 4.17. The summed E-state index contributed by atoms with van der Waals surface area (Å²) in [5.41, 5.74) is 1.88. The Bertz CT molecular complexity index is 971. The molecule has 0 aromatic heterocycles. The molecular weight excluding hydrogens is 352 g/mol. The molecular formula is C23H26N2O3. The van der Waals surface area contributed by atoms with E-state index in [1.807, 2.05) is 55.3 Å². The molecule has 0 unspecified atom stereocenters. The molecule has 0 aliphatic carbocycles. The Hall–Kier alpha value is -3.21. The molecule has 3 rings (SSSR count). The van der Waals surface area contributed by atoms with Gasteiger partial charge in [-0.25, -0.2) is 0 Å². The highest BCUT2D eigenvalue weighted by Gasteiger charge is 2.16. The van der Waals surface area contributed by atoms with Crippen LogP contribution in [0.2, 0.25) is 0 Å². The molecule has 0 spiro atoms. The maximum Gasteiger partial charge on any atom is 0.239 e. The van der Waals surface area contributed by atoms with Gasteiger partial charge in [0, 0.05) is 18.3 Å². The van der Waals surface area contributed by atoms with E-state index in [1.165, 1.54) is 5.39 Å². The van der Waals surface area contributed by atoms with Gasteiger partial charge < -0.3 is 19.7 Å². The number of anilines is 1. The van der Waals surface area contributed by atoms with E-state index in [0.29, 0.717) is 0 Å². The highest BCUT2D eigenvalue weighted by Crippen LogP contribution is 2.29. The van der Waals surface area contributed by atoms with Gasteiger partial charge in [-0.05, 0) is 48.0 Å². The number of amides is 1. The summed E-state index contributed by atoms with van der Waals surface area (Å²) in [5, 5.41) is 5.38. The van der Waals surface area contributed by atoms with Crippen molar-refractivity contribution in [3.05, 3.63) is 66.2 Å². The van der Waals surface area contributed by atoms with Gasteiger partial charge in [-0.3, -0.25) is 4.79 Å². The van der Waals surface area contributed by atoms with Gasteiger partial charge in [-0.15, -0.1) is 0 Å². The first kappa shape index (κ1) is 19.5. The first-order chi connectivity index (χ1) is 13.5. The van der Waals surface area contributed by atoms with Crippen molar-refractivity contribution in [1.29, 1.82) is 0 Å². The molecule has 0 radical (unpaired) electrons. The molecule has 0 aliphatic heterocycles. The summed E-state index contributed by atoms with van der Waals surface area (Å²) < 4.78 is 10.7. The van der Waals surface area contributed by atoms with Crippen LogP contribution in [0.15, 0.2) is 60.7 Å². The summed E-state index contributed by atoms with van der Waals surface area (Å²) in [6, 6.07) is 19.8. The van der Waals surface area contributed by atoms with Crippen molar-refractivity contribution in [2.75, 3.05) is 32.7 Å². The van der Waals surface area contributed by atoms with Gasteiger partial charge in [0.25, 0.3) is 0 Å². The van der Waals surface area contributed by atoms with Crippen LogP contribution in [0.5, 0.6) is 11.5 Å². The zero-order valence-corrected chi connectivity index (χ0v) is 16.7. The number of nitrogens with one attached hydrogen (secondary N) is 1. The van der Waals surface area contributed by atoms with Crippen LogP contribution in [0.3, 0.4) is 0 Å². The lowest BCUT2D eigenvalue weighted by atomic mass is 10.1. The van der Waals surface area contributed by atoms with Crippen molar-refractivity contribution in [2.24, 2.45) is 0 Å². The number of benzene rings is 3. The van der Waals surface area contributed by atoms with Crippen molar-refractivity contribution in [1.82, 2.24) is 5.32 Å². The molecule has 0 bridgehead atoms. The largest absolute Gasteiger partial charge is 0.497 e. The van der Waals surface area contributed by atoms with Gasteiger partial charge in [0.15, 0.2) is 0 Å². The first-order valence-electron chi connectivity index (χ1n) is 9.23. The molecule has 146 valence electrons. The highest BCUT2D eigenvalue weighted by molar-refractivity contribution is 5.87. The van der Waals surface area contributed by atoms with Crippen molar-refractivity contribution < 1.29 is 14.3 Å². The molecule has 1 atom stereocenters. The Balaban J connectivity index is 1.68. The van der Waals surface area contributed by atoms with E-state index in [0.717, 1.165) is 28.1 Å². The number of methoxy groups -OCH3 is 2. The molecule has 0 aliphatic rings. The highest BCUT2D eigenvalue weighted by atomic mass is 16.5. The number of rotatable bonds is 7. The van der Waals surface area contributed by atoms with Crippen molar-refractivity contribution in [2.45, 2.75) is 13.0 Å². The maximum atomic E-state index is 12.6. The molecule has 5 heteroatoms. The Kier molecular flexibility index (Phi) is 6.04. The minimum absolute atomic E-state index is 0.0620. The minimum atomic E-state index is -0.206. The molecule has 0 heterocycles. The quantitative estimate of drug-likeness (QED) is 0.670. The average Bonchev–Trinajstić information content (AvgIpc) is 2.72. The van der Waals surface area contributed by atoms with Gasteiger partial charge in [0.05, 0.1) is 26.8 Å². The number of likely N-dealkylation sites (N-methyl/N-ethyl adjacent to an activating group) is 1. The zero-order valence-electron chi connectivity index (χ0n) is 16.7.